The summed E-state index contributed by atoms with van der Waals surface area (Å²) in [5.41, 5.74) is 0. The van der Waals surface area contributed by atoms with Crippen LogP contribution in [0.5, 0.6) is 0 Å². The summed E-state index contributed by atoms with van der Waals surface area (Å²) in [6.45, 7) is 0.763. The molecule has 7 heteroatoms. The van der Waals surface area contributed by atoms with Crippen molar-refractivity contribution in [2.75, 3.05) is 19.7 Å². The van der Waals surface area contributed by atoms with Crippen LogP contribution in [0.25, 0.3) is 0 Å². The monoisotopic (exact) mass is 323 g/mol. The maximum atomic E-state index is 12.5. The lowest BCUT2D eigenvalue weighted by Gasteiger charge is -2.31. The van der Waals surface area contributed by atoms with Crippen molar-refractivity contribution in [1.29, 1.82) is 0 Å². The van der Waals surface area contributed by atoms with Gasteiger partial charge in [0, 0.05) is 19.7 Å². The van der Waals surface area contributed by atoms with Crippen molar-refractivity contribution in [2.24, 2.45) is 5.92 Å². The summed E-state index contributed by atoms with van der Waals surface area (Å²) in [6.07, 6.45) is 1.58. The van der Waals surface area contributed by atoms with Crippen LogP contribution in [0, 0.1) is 5.92 Å². The van der Waals surface area contributed by atoms with E-state index in [0.29, 0.717) is 13.1 Å². The number of aliphatic hydroxyl groups excluding tert-OH is 1. The Labute approximate surface area is 123 Å². The van der Waals surface area contributed by atoms with Crippen molar-refractivity contribution in [3.8, 4) is 0 Å². The number of hydrogen-bond acceptors (Lipinski definition) is 3. The maximum Gasteiger partial charge on any atom is 0.244 e. The summed E-state index contributed by atoms with van der Waals surface area (Å²) in [7, 11) is -3.65. The van der Waals surface area contributed by atoms with Gasteiger partial charge >= 0.3 is 0 Å². The number of piperidine rings is 1. The van der Waals surface area contributed by atoms with Gasteiger partial charge < -0.3 is 5.11 Å². The Morgan fingerprint density at radius 3 is 2.79 bits per heavy atom. The number of hydrogen-bond donors (Lipinski definition) is 1. The molecule has 106 valence electrons. The molecule has 0 spiro atoms. The Balaban J connectivity index is 2.34. The molecule has 4 nitrogen and oxygen atoms in total. The van der Waals surface area contributed by atoms with Crippen LogP contribution in [0.3, 0.4) is 0 Å². The summed E-state index contributed by atoms with van der Waals surface area (Å²) in [4.78, 5) is 0.0280. The van der Waals surface area contributed by atoms with Gasteiger partial charge in [-0.3, -0.25) is 0 Å². The van der Waals surface area contributed by atoms with Crippen LogP contribution in [0.1, 0.15) is 12.8 Å². The molecule has 0 radical (unpaired) electrons. The van der Waals surface area contributed by atoms with Gasteiger partial charge in [0.2, 0.25) is 10.0 Å². The number of rotatable bonds is 3. The third kappa shape index (κ3) is 3.06. The topological polar surface area (TPSA) is 57.6 Å². The fourth-order valence-corrected chi connectivity index (χ4v) is 4.51. The van der Waals surface area contributed by atoms with E-state index in [0.717, 1.165) is 12.8 Å². The van der Waals surface area contributed by atoms with Crippen molar-refractivity contribution in [3.63, 3.8) is 0 Å². The van der Waals surface area contributed by atoms with E-state index in [4.69, 9.17) is 23.2 Å². The number of halogens is 2. The number of sulfonamides is 1. The highest BCUT2D eigenvalue weighted by molar-refractivity contribution is 7.89. The predicted octanol–water partition coefficient (Wildman–Crippen LogP) is 2.39. The summed E-state index contributed by atoms with van der Waals surface area (Å²) in [5.74, 6) is -0.0125. The first-order chi connectivity index (χ1) is 8.96. The highest BCUT2D eigenvalue weighted by Crippen LogP contribution is 2.32. The molecule has 0 saturated carbocycles. The van der Waals surface area contributed by atoms with Crippen molar-refractivity contribution >= 4 is 33.2 Å². The molecule has 19 heavy (non-hydrogen) atoms. The normalized spacial score (nSPS) is 21.5. The van der Waals surface area contributed by atoms with Gasteiger partial charge in [-0.25, -0.2) is 8.42 Å². The zero-order valence-electron chi connectivity index (χ0n) is 10.2. The lowest BCUT2D eigenvalue weighted by molar-refractivity contribution is 0.165. The minimum atomic E-state index is -3.65. The van der Waals surface area contributed by atoms with Gasteiger partial charge in [0.05, 0.1) is 10.0 Å². The Morgan fingerprint density at radius 2 is 2.11 bits per heavy atom. The molecule has 1 aliphatic heterocycles. The van der Waals surface area contributed by atoms with Gasteiger partial charge in [0.25, 0.3) is 0 Å². The standard InChI is InChI=1S/C12H15Cl2NO3S/c13-10-4-1-5-11(12(10)14)19(17,18)15-6-2-3-9(7-15)8-16/h1,4-5,9,16H,2-3,6-8H2. The smallest absolute Gasteiger partial charge is 0.244 e. The van der Waals surface area contributed by atoms with Crippen molar-refractivity contribution in [3.05, 3.63) is 28.2 Å². The highest BCUT2D eigenvalue weighted by Gasteiger charge is 2.31. The van der Waals surface area contributed by atoms with Crippen LogP contribution in [-0.4, -0.2) is 37.5 Å². The zero-order valence-corrected chi connectivity index (χ0v) is 12.5. The van der Waals surface area contributed by atoms with E-state index in [1.54, 1.807) is 12.1 Å². The minimum Gasteiger partial charge on any atom is -0.396 e. The van der Waals surface area contributed by atoms with E-state index >= 15 is 0 Å². The molecule has 1 N–H and O–H groups in total. The fraction of sp³-hybridized carbons (Fsp3) is 0.500. The average molecular weight is 324 g/mol. The lowest BCUT2D eigenvalue weighted by Crippen LogP contribution is -2.40. The van der Waals surface area contributed by atoms with Gasteiger partial charge in [-0.15, -0.1) is 0 Å². The summed E-state index contributed by atoms with van der Waals surface area (Å²) in [6, 6.07) is 4.57. The van der Waals surface area contributed by atoms with Gasteiger partial charge in [-0.05, 0) is 30.9 Å². The second-order valence-electron chi connectivity index (χ2n) is 4.61. The van der Waals surface area contributed by atoms with Gasteiger partial charge in [-0.1, -0.05) is 29.3 Å². The van der Waals surface area contributed by atoms with Gasteiger partial charge in [-0.2, -0.15) is 4.31 Å². The molecular weight excluding hydrogens is 309 g/mol. The molecule has 1 aromatic rings. The lowest BCUT2D eigenvalue weighted by atomic mass is 10.0. The maximum absolute atomic E-state index is 12.5. The Bertz CT molecular complexity index is 562. The molecule has 1 fully saturated rings. The van der Waals surface area contributed by atoms with Crippen LogP contribution in [0.2, 0.25) is 10.0 Å². The van der Waals surface area contributed by atoms with Crippen LogP contribution < -0.4 is 0 Å². The van der Waals surface area contributed by atoms with E-state index in [1.807, 2.05) is 0 Å². The molecule has 1 saturated heterocycles. The van der Waals surface area contributed by atoms with Gasteiger partial charge in [0.1, 0.15) is 4.90 Å². The molecule has 1 aromatic carbocycles. The largest absolute Gasteiger partial charge is 0.396 e. The van der Waals surface area contributed by atoms with E-state index in [9.17, 15) is 13.5 Å². The molecule has 0 amide bonds. The SMILES string of the molecule is O=S(=O)(c1cccc(Cl)c1Cl)N1CCCC(CO)C1. The Hall–Kier alpha value is -0.330. The van der Waals surface area contributed by atoms with E-state index < -0.39 is 10.0 Å². The zero-order chi connectivity index (χ0) is 14.0. The van der Waals surface area contributed by atoms with E-state index in [1.165, 1.54) is 10.4 Å². The summed E-state index contributed by atoms with van der Waals surface area (Å²) >= 11 is 11.8. The second-order valence-corrected chi connectivity index (χ2v) is 7.30. The molecule has 0 aliphatic carbocycles. The molecule has 0 aromatic heterocycles. The van der Waals surface area contributed by atoms with Crippen LogP contribution in [0.15, 0.2) is 23.1 Å². The summed E-state index contributed by atoms with van der Waals surface area (Å²) < 4.78 is 26.4. The second kappa shape index (κ2) is 5.97. The molecular formula is C12H15Cl2NO3S. The summed E-state index contributed by atoms with van der Waals surface area (Å²) in [5, 5.41) is 9.45. The first kappa shape index (κ1) is 15.1. The van der Waals surface area contributed by atoms with Crippen molar-refractivity contribution < 1.29 is 13.5 Å². The van der Waals surface area contributed by atoms with E-state index in [-0.39, 0.29) is 27.5 Å². The quantitative estimate of drug-likeness (QED) is 0.929. The molecule has 1 atom stereocenters. The number of benzene rings is 1. The van der Waals surface area contributed by atoms with Crippen molar-refractivity contribution in [2.45, 2.75) is 17.7 Å². The molecule has 1 unspecified atom stereocenters. The van der Waals surface area contributed by atoms with Gasteiger partial charge in [0.15, 0.2) is 0 Å². The molecule has 2 rings (SSSR count). The molecule has 1 heterocycles. The average Bonchev–Trinajstić information content (AvgIpc) is 2.41. The third-order valence-corrected chi connectivity index (χ3v) is 6.11. The van der Waals surface area contributed by atoms with Crippen molar-refractivity contribution in [1.82, 2.24) is 4.31 Å². The predicted molar refractivity (Wildman–Crippen MR) is 75.0 cm³/mol. The van der Waals surface area contributed by atoms with E-state index in [2.05, 4.69) is 0 Å². The Morgan fingerprint density at radius 1 is 1.37 bits per heavy atom. The van der Waals surface area contributed by atoms with Crippen LogP contribution in [0.4, 0.5) is 0 Å². The van der Waals surface area contributed by atoms with Crippen LogP contribution >= 0.6 is 23.2 Å². The highest BCUT2D eigenvalue weighted by atomic mass is 35.5. The fourth-order valence-electron chi connectivity index (χ4n) is 2.22. The Kier molecular flexibility index (Phi) is 4.74. The molecule has 1 aliphatic rings. The molecule has 0 bridgehead atoms. The first-order valence-electron chi connectivity index (χ1n) is 6.02. The number of aliphatic hydroxyl groups is 1. The first-order valence-corrected chi connectivity index (χ1v) is 8.21. The van der Waals surface area contributed by atoms with Crippen LogP contribution in [-0.2, 0) is 10.0 Å². The minimum absolute atomic E-state index is 0.00466. The third-order valence-electron chi connectivity index (χ3n) is 3.27. The number of nitrogens with zero attached hydrogens (tertiary/aromatic N) is 1.